The van der Waals surface area contributed by atoms with E-state index in [9.17, 15) is 0 Å². The first kappa shape index (κ1) is 33.5. The van der Waals surface area contributed by atoms with Crippen molar-refractivity contribution in [2.45, 2.75) is 24.7 Å². The Bertz CT molecular complexity index is 3370. The minimum Gasteiger partial charge on any atom is -0.310 e. The first-order chi connectivity index (χ1) is 29.6. The fraction of sp³-hybridized carbons (Fsp3) is 0.0690. The molecule has 1 aliphatic heterocycles. The number of anilines is 3. The molecule has 2 nitrogen and oxygen atoms in total. The summed E-state index contributed by atoms with van der Waals surface area (Å²) in [7, 11) is 0. The molecule has 2 heteroatoms. The highest BCUT2D eigenvalue weighted by Gasteiger charge is 2.51. The molecule has 0 N–H and O–H groups in total. The Morgan fingerprint density at radius 3 is 1.72 bits per heavy atom. The molecule has 0 amide bonds. The molecular formula is C58H40N2. The first-order valence-corrected chi connectivity index (χ1v) is 21.1. The smallest absolute Gasteiger partial charge is 0.0754 e. The number of fused-ring (bicyclic) bond motifs is 15. The predicted octanol–water partition coefficient (Wildman–Crippen LogP) is 14.9. The largest absolute Gasteiger partial charge is 0.310 e. The second-order valence-electron chi connectivity index (χ2n) is 17.2. The van der Waals surface area contributed by atoms with Crippen LogP contribution in [0.15, 0.2) is 206 Å². The van der Waals surface area contributed by atoms with Gasteiger partial charge >= 0.3 is 0 Å². The van der Waals surface area contributed by atoms with Gasteiger partial charge < -0.3 is 9.47 Å². The van der Waals surface area contributed by atoms with E-state index in [4.69, 9.17) is 0 Å². The van der Waals surface area contributed by atoms with Gasteiger partial charge in [-0.05, 0) is 104 Å². The third-order valence-corrected chi connectivity index (χ3v) is 14.0. The molecule has 282 valence electrons. The Morgan fingerprint density at radius 1 is 0.400 bits per heavy atom. The molecule has 60 heavy (non-hydrogen) atoms. The van der Waals surface area contributed by atoms with E-state index in [1.165, 1.54) is 99.9 Å². The number of hydrogen-bond acceptors (Lipinski definition) is 1. The van der Waals surface area contributed by atoms with Crippen molar-refractivity contribution < 1.29 is 0 Å². The lowest BCUT2D eigenvalue weighted by atomic mass is 9.65. The number of aromatic nitrogens is 1. The highest BCUT2D eigenvalue weighted by atomic mass is 15.1. The lowest BCUT2D eigenvalue weighted by Crippen LogP contribution is -2.33. The van der Waals surface area contributed by atoms with Crippen LogP contribution in [0.3, 0.4) is 0 Å². The van der Waals surface area contributed by atoms with Crippen LogP contribution < -0.4 is 4.90 Å². The predicted molar refractivity (Wildman–Crippen MR) is 249 cm³/mol. The van der Waals surface area contributed by atoms with Crippen LogP contribution >= 0.6 is 0 Å². The van der Waals surface area contributed by atoms with Crippen LogP contribution in [0.2, 0.25) is 0 Å². The average Bonchev–Trinajstić information content (AvgIpc) is 3.89. The fourth-order valence-electron chi connectivity index (χ4n) is 11.6. The van der Waals surface area contributed by atoms with Gasteiger partial charge in [0.25, 0.3) is 0 Å². The summed E-state index contributed by atoms with van der Waals surface area (Å²) in [5.74, 6) is 0. The second kappa shape index (κ2) is 12.1. The van der Waals surface area contributed by atoms with E-state index in [-0.39, 0.29) is 5.41 Å². The van der Waals surface area contributed by atoms with E-state index in [1.807, 2.05) is 0 Å². The molecule has 2 aliphatic carbocycles. The summed E-state index contributed by atoms with van der Waals surface area (Å²) in [5, 5.41) is 2.58. The van der Waals surface area contributed by atoms with Crippen molar-refractivity contribution in [3.8, 4) is 39.1 Å². The maximum Gasteiger partial charge on any atom is 0.0754 e. The molecule has 2 heterocycles. The molecule has 0 saturated heterocycles. The quantitative estimate of drug-likeness (QED) is 0.173. The molecule has 1 aromatic heterocycles. The van der Waals surface area contributed by atoms with Crippen molar-refractivity contribution in [2.75, 3.05) is 4.90 Å². The Kier molecular flexibility index (Phi) is 6.74. The molecule has 3 aliphatic rings. The van der Waals surface area contributed by atoms with Crippen LogP contribution in [0.5, 0.6) is 0 Å². The minimum atomic E-state index is -0.521. The van der Waals surface area contributed by atoms with E-state index in [1.54, 1.807) is 0 Å². The SMILES string of the molecule is CC1(C)c2ccccc2-c2cccc(N(c3ccccc3)c3ccccc3-c3ccc4c(c3)C3(c5ccccc5-c5ccccc53)c3cccc5c6ccccc6n-4c35)c21. The van der Waals surface area contributed by atoms with E-state index < -0.39 is 5.41 Å². The summed E-state index contributed by atoms with van der Waals surface area (Å²) in [6, 6.07) is 77.2. The van der Waals surface area contributed by atoms with Crippen molar-refractivity contribution >= 4 is 38.9 Å². The van der Waals surface area contributed by atoms with Crippen molar-refractivity contribution in [3.63, 3.8) is 0 Å². The molecule has 0 radical (unpaired) electrons. The topological polar surface area (TPSA) is 8.17 Å². The maximum absolute atomic E-state index is 2.54. The molecule has 0 atom stereocenters. The van der Waals surface area contributed by atoms with Gasteiger partial charge in [-0.2, -0.15) is 0 Å². The Hall–Kier alpha value is -7.42. The zero-order valence-electron chi connectivity index (χ0n) is 33.5. The van der Waals surface area contributed by atoms with Crippen molar-refractivity contribution in [1.29, 1.82) is 0 Å². The molecule has 13 rings (SSSR count). The minimum absolute atomic E-state index is 0.190. The van der Waals surface area contributed by atoms with Gasteiger partial charge in [0.05, 0.1) is 33.5 Å². The van der Waals surface area contributed by atoms with Crippen LogP contribution in [-0.2, 0) is 10.8 Å². The van der Waals surface area contributed by atoms with E-state index >= 15 is 0 Å². The van der Waals surface area contributed by atoms with Crippen LogP contribution in [0.1, 0.15) is 47.2 Å². The summed E-state index contributed by atoms with van der Waals surface area (Å²) >= 11 is 0. The molecule has 0 bridgehead atoms. The van der Waals surface area contributed by atoms with Crippen LogP contribution in [0, 0.1) is 0 Å². The third kappa shape index (κ3) is 4.17. The normalized spacial score (nSPS) is 14.4. The van der Waals surface area contributed by atoms with Crippen LogP contribution in [-0.4, -0.2) is 4.57 Å². The maximum atomic E-state index is 2.54. The van der Waals surface area contributed by atoms with Crippen LogP contribution in [0.25, 0.3) is 60.9 Å². The summed E-state index contributed by atoms with van der Waals surface area (Å²) in [5.41, 5.74) is 22.2. The molecule has 0 saturated carbocycles. The van der Waals surface area contributed by atoms with Crippen molar-refractivity contribution in [2.24, 2.45) is 0 Å². The van der Waals surface area contributed by atoms with Gasteiger partial charge in [0.2, 0.25) is 0 Å². The second-order valence-corrected chi connectivity index (χ2v) is 17.2. The van der Waals surface area contributed by atoms with E-state index in [0.717, 1.165) is 11.4 Å². The third-order valence-electron chi connectivity index (χ3n) is 14.0. The van der Waals surface area contributed by atoms with E-state index in [0.29, 0.717) is 0 Å². The summed E-state index contributed by atoms with van der Waals surface area (Å²) in [6.45, 7) is 4.77. The standard InChI is InChI=1S/C58H40N2/c1-57(2)46-27-11-6-23-42(46)44-25-17-33-54(55(44)57)59(38-18-4-3-5-19-38)51-31-14-9-20-39(51)37-34-35-53-50(36-37)58(47-28-12-7-21-40(47)41-22-8-13-29-48(41)58)49-30-16-26-45-43-24-10-15-32-52(43)60(53)56(45)49/h3-36H,1-2H3. The Labute approximate surface area is 350 Å². The summed E-state index contributed by atoms with van der Waals surface area (Å²) in [4.78, 5) is 2.51. The number of nitrogens with zero attached hydrogens (tertiary/aromatic N) is 2. The van der Waals surface area contributed by atoms with Gasteiger partial charge in [-0.15, -0.1) is 0 Å². The zero-order chi connectivity index (χ0) is 39.7. The highest BCUT2D eigenvalue weighted by Crippen LogP contribution is 2.62. The van der Waals surface area contributed by atoms with E-state index in [2.05, 4.69) is 230 Å². The lowest BCUT2D eigenvalue weighted by molar-refractivity contribution is 0.661. The zero-order valence-corrected chi connectivity index (χ0v) is 33.5. The van der Waals surface area contributed by atoms with Gasteiger partial charge in [0.1, 0.15) is 0 Å². The Balaban J connectivity index is 1.11. The molecule has 10 aromatic rings. The van der Waals surface area contributed by atoms with Gasteiger partial charge in [0.15, 0.2) is 0 Å². The average molecular weight is 765 g/mol. The van der Waals surface area contributed by atoms with Gasteiger partial charge in [-0.25, -0.2) is 0 Å². The summed E-state index contributed by atoms with van der Waals surface area (Å²) in [6.07, 6.45) is 0. The monoisotopic (exact) mass is 764 g/mol. The number of rotatable bonds is 4. The van der Waals surface area contributed by atoms with Crippen molar-refractivity contribution in [1.82, 2.24) is 4.57 Å². The van der Waals surface area contributed by atoms with Crippen LogP contribution in [0.4, 0.5) is 17.1 Å². The van der Waals surface area contributed by atoms with Gasteiger partial charge in [-0.1, -0.05) is 178 Å². The highest BCUT2D eigenvalue weighted by molar-refractivity contribution is 6.13. The molecular weight excluding hydrogens is 725 g/mol. The number of benzene rings is 9. The van der Waals surface area contributed by atoms with Crippen molar-refractivity contribution in [3.05, 3.63) is 240 Å². The first-order valence-electron chi connectivity index (χ1n) is 21.1. The Morgan fingerprint density at radius 2 is 0.950 bits per heavy atom. The van der Waals surface area contributed by atoms with Gasteiger partial charge in [0, 0.05) is 27.4 Å². The summed E-state index contributed by atoms with van der Waals surface area (Å²) < 4.78 is 2.54. The molecule has 0 fully saturated rings. The van der Waals surface area contributed by atoms with Gasteiger partial charge in [-0.3, -0.25) is 0 Å². The molecule has 1 spiro atoms. The number of hydrogen-bond donors (Lipinski definition) is 0. The molecule has 0 unspecified atom stereocenters. The molecule has 9 aromatic carbocycles. The lowest BCUT2D eigenvalue weighted by Gasteiger charge is -2.40. The number of para-hydroxylation sites is 4. The fourth-order valence-corrected chi connectivity index (χ4v) is 11.6.